The van der Waals surface area contributed by atoms with Crippen molar-refractivity contribution in [1.82, 2.24) is 14.9 Å². The lowest BCUT2D eigenvalue weighted by Gasteiger charge is -2.20. The monoisotopic (exact) mass is 465 g/mol. The Morgan fingerprint density at radius 1 is 1.18 bits per heavy atom. The molecule has 1 aliphatic rings. The molecule has 1 fully saturated rings. The Kier molecular flexibility index (Phi) is 7.83. The number of nitrogens with one attached hydrogen (secondary N) is 1. The number of nitrogens with zero attached hydrogens (tertiary/aromatic N) is 2. The van der Waals surface area contributed by atoms with Gasteiger partial charge in [-0.2, -0.15) is 0 Å². The summed E-state index contributed by atoms with van der Waals surface area (Å²) in [4.78, 5) is 30.9. The van der Waals surface area contributed by atoms with Gasteiger partial charge in [-0.25, -0.2) is 4.98 Å². The minimum Gasteiger partial charge on any atom is -0.376 e. The smallest absolute Gasteiger partial charge is 0.262 e. The number of thioether (sulfide) groups is 1. The molecule has 33 heavy (non-hydrogen) atoms. The Morgan fingerprint density at radius 3 is 2.70 bits per heavy atom. The van der Waals surface area contributed by atoms with Crippen molar-refractivity contribution in [3.63, 3.8) is 0 Å². The topological polar surface area (TPSA) is 73.2 Å². The van der Waals surface area contributed by atoms with Crippen molar-refractivity contribution in [2.75, 3.05) is 6.61 Å². The normalized spacial score (nSPS) is 17.7. The van der Waals surface area contributed by atoms with Gasteiger partial charge in [0.1, 0.15) is 0 Å². The molecule has 3 aromatic rings. The fourth-order valence-corrected chi connectivity index (χ4v) is 4.99. The molecule has 7 heteroatoms. The first-order chi connectivity index (χ1) is 16.0. The number of carbonyl (C=O) groups is 1. The zero-order valence-electron chi connectivity index (χ0n) is 19.2. The third-order valence-electron chi connectivity index (χ3n) is 5.99. The van der Waals surface area contributed by atoms with Gasteiger partial charge in [0, 0.05) is 12.6 Å². The average Bonchev–Trinajstić information content (AvgIpc) is 3.34. The third-order valence-corrected chi connectivity index (χ3v) is 7.08. The van der Waals surface area contributed by atoms with Crippen molar-refractivity contribution in [2.24, 2.45) is 0 Å². The van der Waals surface area contributed by atoms with Crippen molar-refractivity contribution < 1.29 is 9.53 Å². The van der Waals surface area contributed by atoms with Crippen LogP contribution in [0.4, 0.5) is 0 Å². The van der Waals surface area contributed by atoms with E-state index in [2.05, 4.69) is 17.4 Å². The highest BCUT2D eigenvalue weighted by Crippen LogP contribution is 2.24. The molecule has 1 aliphatic heterocycles. The van der Waals surface area contributed by atoms with Gasteiger partial charge in [-0.3, -0.25) is 14.2 Å². The van der Waals surface area contributed by atoms with Gasteiger partial charge in [-0.15, -0.1) is 0 Å². The highest BCUT2D eigenvalue weighted by atomic mass is 32.2. The van der Waals surface area contributed by atoms with E-state index in [1.54, 1.807) is 10.6 Å². The maximum absolute atomic E-state index is 13.2. The number of fused-ring (bicyclic) bond motifs is 1. The number of hydrogen-bond donors (Lipinski definition) is 1. The predicted molar refractivity (Wildman–Crippen MR) is 133 cm³/mol. The average molecular weight is 466 g/mol. The molecular formula is C26H31N3O3S. The molecule has 0 aliphatic carbocycles. The quantitative estimate of drug-likeness (QED) is 0.379. The first kappa shape index (κ1) is 23.5. The molecule has 1 amide bonds. The van der Waals surface area contributed by atoms with E-state index in [0.717, 1.165) is 32.3 Å². The second-order valence-corrected chi connectivity index (χ2v) is 9.96. The van der Waals surface area contributed by atoms with Crippen LogP contribution in [0.1, 0.15) is 38.7 Å². The molecular weight excluding hydrogens is 434 g/mol. The number of hydrogen-bond acceptors (Lipinski definition) is 5. The Bertz CT molecular complexity index is 1140. The van der Waals surface area contributed by atoms with Gasteiger partial charge < -0.3 is 10.1 Å². The lowest BCUT2D eigenvalue weighted by atomic mass is 10.1. The summed E-state index contributed by atoms with van der Waals surface area (Å²) in [5.74, 6) is -0.0494. The van der Waals surface area contributed by atoms with Crippen LogP contribution in [0.3, 0.4) is 0 Å². The lowest BCUT2D eigenvalue weighted by Crippen LogP contribution is -2.38. The van der Waals surface area contributed by atoms with Crippen molar-refractivity contribution in [3.8, 4) is 0 Å². The van der Waals surface area contributed by atoms with Crippen LogP contribution in [0.25, 0.3) is 10.9 Å². The van der Waals surface area contributed by atoms with Gasteiger partial charge in [0.2, 0.25) is 5.91 Å². The molecule has 1 aromatic heterocycles. The van der Waals surface area contributed by atoms with E-state index in [9.17, 15) is 9.59 Å². The maximum atomic E-state index is 13.2. The summed E-state index contributed by atoms with van der Waals surface area (Å²) in [6.07, 6.45) is 3.72. The van der Waals surface area contributed by atoms with Crippen LogP contribution in [0.5, 0.6) is 0 Å². The SMILES string of the molecule is CC(CCc1ccccc1)NC(=O)C(C)Sc1nc2ccccc2c(=O)n1CC1CCCO1. The Balaban J connectivity index is 1.46. The van der Waals surface area contributed by atoms with Gasteiger partial charge in [-0.1, -0.05) is 54.2 Å². The first-order valence-electron chi connectivity index (χ1n) is 11.6. The number of carbonyl (C=O) groups excluding carboxylic acids is 1. The number of ether oxygens (including phenoxy) is 1. The summed E-state index contributed by atoms with van der Waals surface area (Å²) >= 11 is 1.33. The number of aryl methyl sites for hydroxylation is 1. The van der Waals surface area contributed by atoms with Gasteiger partial charge >= 0.3 is 0 Å². The second kappa shape index (κ2) is 11.0. The van der Waals surface area contributed by atoms with Crippen LogP contribution in [-0.4, -0.2) is 39.5 Å². The Hall–Kier alpha value is -2.64. The summed E-state index contributed by atoms with van der Waals surface area (Å²) in [5.41, 5.74) is 1.83. The largest absolute Gasteiger partial charge is 0.376 e. The van der Waals surface area contributed by atoms with Crippen molar-refractivity contribution >= 4 is 28.6 Å². The molecule has 4 rings (SSSR count). The van der Waals surface area contributed by atoms with E-state index in [-0.39, 0.29) is 28.9 Å². The molecule has 0 saturated carbocycles. The van der Waals surface area contributed by atoms with Crippen LogP contribution in [-0.2, 0) is 22.5 Å². The van der Waals surface area contributed by atoms with Crippen molar-refractivity contribution in [1.29, 1.82) is 0 Å². The van der Waals surface area contributed by atoms with Crippen LogP contribution in [0.2, 0.25) is 0 Å². The Labute approximate surface area is 198 Å². The summed E-state index contributed by atoms with van der Waals surface area (Å²) < 4.78 is 7.46. The molecule has 0 spiro atoms. The maximum Gasteiger partial charge on any atom is 0.262 e. The van der Waals surface area contributed by atoms with E-state index in [4.69, 9.17) is 9.72 Å². The number of benzene rings is 2. The molecule has 1 saturated heterocycles. The van der Waals surface area contributed by atoms with E-state index < -0.39 is 0 Å². The van der Waals surface area contributed by atoms with Gasteiger partial charge in [0.15, 0.2) is 5.16 Å². The molecule has 3 atom stereocenters. The zero-order valence-corrected chi connectivity index (χ0v) is 20.0. The van der Waals surface area contributed by atoms with Gasteiger partial charge in [0.05, 0.1) is 28.8 Å². The van der Waals surface area contributed by atoms with E-state index in [1.165, 1.54) is 17.3 Å². The van der Waals surface area contributed by atoms with E-state index in [1.807, 2.05) is 50.2 Å². The molecule has 2 heterocycles. The first-order valence-corrected chi connectivity index (χ1v) is 12.5. The van der Waals surface area contributed by atoms with Gasteiger partial charge in [0.25, 0.3) is 5.56 Å². The number of amides is 1. The minimum atomic E-state index is -0.381. The summed E-state index contributed by atoms with van der Waals surface area (Å²) in [5, 5.41) is 3.89. The van der Waals surface area contributed by atoms with E-state index in [0.29, 0.717) is 22.6 Å². The lowest BCUT2D eigenvalue weighted by molar-refractivity contribution is -0.120. The van der Waals surface area contributed by atoms with Gasteiger partial charge in [-0.05, 0) is 57.2 Å². The van der Waals surface area contributed by atoms with Crippen LogP contribution in [0.15, 0.2) is 64.5 Å². The summed E-state index contributed by atoms with van der Waals surface area (Å²) in [6, 6.07) is 17.7. The molecule has 174 valence electrons. The zero-order chi connectivity index (χ0) is 23.2. The highest BCUT2D eigenvalue weighted by molar-refractivity contribution is 8.00. The van der Waals surface area contributed by atoms with Crippen LogP contribution < -0.4 is 10.9 Å². The Morgan fingerprint density at radius 2 is 1.94 bits per heavy atom. The number of rotatable bonds is 9. The molecule has 2 aromatic carbocycles. The molecule has 0 radical (unpaired) electrons. The summed E-state index contributed by atoms with van der Waals surface area (Å²) in [6.45, 7) is 5.07. The third kappa shape index (κ3) is 6.03. The summed E-state index contributed by atoms with van der Waals surface area (Å²) in [7, 11) is 0. The van der Waals surface area contributed by atoms with Crippen molar-refractivity contribution in [2.45, 2.75) is 68.6 Å². The molecule has 3 unspecified atom stereocenters. The number of aromatic nitrogens is 2. The molecule has 0 bridgehead atoms. The fraction of sp³-hybridized carbons (Fsp3) is 0.423. The number of para-hydroxylation sites is 1. The van der Waals surface area contributed by atoms with Crippen LogP contribution >= 0.6 is 11.8 Å². The van der Waals surface area contributed by atoms with Crippen LogP contribution in [0, 0.1) is 0 Å². The predicted octanol–water partition coefficient (Wildman–Crippen LogP) is 4.19. The standard InChI is InChI=1S/C26H31N3O3S/c1-18(14-15-20-9-4-3-5-10-20)27-24(30)19(2)33-26-28-23-13-7-6-12-22(23)25(31)29(26)17-21-11-8-16-32-21/h3-7,9-10,12-13,18-19,21H,8,11,14-17H2,1-2H3,(H,27,30). The van der Waals surface area contributed by atoms with Crippen molar-refractivity contribution in [3.05, 3.63) is 70.5 Å². The fourth-order valence-electron chi connectivity index (χ4n) is 4.06. The minimum absolute atomic E-state index is 0.00662. The molecule has 1 N–H and O–H groups in total. The highest BCUT2D eigenvalue weighted by Gasteiger charge is 2.23. The molecule has 6 nitrogen and oxygen atoms in total. The van der Waals surface area contributed by atoms with E-state index >= 15 is 0 Å². The second-order valence-electron chi connectivity index (χ2n) is 8.66.